The smallest absolute Gasteiger partial charge is 0.203 e. The van der Waals surface area contributed by atoms with Crippen LogP contribution in [0.25, 0.3) is 0 Å². The van der Waals surface area contributed by atoms with Gasteiger partial charge in [-0.25, -0.2) is 0 Å². The Morgan fingerprint density at radius 2 is 1.48 bits per heavy atom. The van der Waals surface area contributed by atoms with Crippen LogP contribution in [0.1, 0.15) is 55.8 Å². The van der Waals surface area contributed by atoms with Gasteiger partial charge in [0.1, 0.15) is 0 Å². The molecule has 0 amide bonds. The molecule has 0 radical (unpaired) electrons. The highest BCUT2D eigenvalue weighted by atomic mass is 16.5. The van der Waals surface area contributed by atoms with Crippen molar-refractivity contribution in [1.29, 1.82) is 0 Å². The van der Waals surface area contributed by atoms with Crippen LogP contribution in [0.4, 0.5) is 0 Å². The Bertz CT molecular complexity index is 655. The van der Waals surface area contributed by atoms with Crippen LogP contribution in [-0.2, 0) is 0 Å². The summed E-state index contributed by atoms with van der Waals surface area (Å²) in [7, 11) is 4.70. The maximum absolute atomic E-state index is 13.1. The van der Waals surface area contributed by atoms with E-state index in [1.54, 1.807) is 33.5 Å². The lowest BCUT2D eigenvalue weighted by atomic mass is 9.80. The summed E-state index contributed by atoms with van der Waals surface area (Å²) in [6.45, 7) is 6.01. The van der Waals surface area contributed by atoms with Gasteiger partial charge in [-0.1, -0.05) is 31.6 Å². The summed E-state index contributed by atoms with van der Waals surface area (Å²) >= 11 is 0. The molecule has 2 rings (SSSR count). The first kappa shape index (κ1) is 21.1. The van der Waals surface area contributed by atoms with Crippen molar-refractivity contribution in [3.8, 4) is 17.2 Å². The van der Waals surface area contributed by atoms with Gasteiger partial charge in [0, 0.05) is 11.5 Å². The molecular weight excluding hydrogens is 340 g/mol. The summed E-state index contributed by atoms with van der Waals surface area (Å²) in [6.07, 6.45) is 10.3. The van der Waals surface area contributed by atoms with Crippen LogP contribution in [0.15, 0.2) is 36.4 Å². The van der Waals surface area contributed by atoms with E-state index in [1.165, 1.54) is 5.57 Å². The van der Waals surface area contributed by atoms with E-state index in [2.05, 4.69) is 19.6 Å². The topological polar surface area (TPSA) is 44.8 Å². The van der Waals surface area contributed by atoms with Gasteiger partial charge in [0.25, 0.3) is 0 Å². The lowest BCUT2D eigenvalue weighted by molar-refractivity contribution is 0.0894. The minimum absolute atomic E-state index is 0.0477. The minimum atomic E-state index is 0.0477. The van der Waals surface area contributed by atoms with Crippen LogP contribution in [-0.4, -0.2) is 27.1 Å². The third-order valence-corrected chi connectivity index (χ3v) is 5.57. The zero-order chi connectivity index (χ0) is 19.8. The molecule has 0 saturated heterocycles. The van der Waals surface area contributed by atoms with Crippen molar-refractivity contribution in [3.05, 3.63) is 42.0 Å². The third kappa shape index (κ3) is 4.94. The Morgan fingerprint density at radius 3 is 1.89 bits per heavy atom. The van der Waals surface area contributed by atoms with Gasteiger partial charge in [-0.15, -0.1) is 0 Å². The molecule has 4 heteroatoms. The normalized spacial score (nSPS) is 21.0. The molecule has 0 bridgehead atoms. The van der Waals surface area contributed by atoms with Gasteiger partial charge >= 0.3 is 0 Å². The molecule has 0 N–H and O–H groups in total. The molecule has 1 saturated carbocycles. The highest BCUT2D eigenvalue weighted by Crippen LogP contribution is 2.40. The van der Waals surface area contributed by atoms with Crippen LogP contribution in [0.2, 0.25) is 0 Å². The van der Waals surface area contributed by atoms with Gasteiger partial charge in [-0.3, -0.25) is 4.79 Å². The number of carbonyl (C=O) groups excluding carboxylic acids is 1. The molecule has 0 spiro atoms. The van der Waals surface area contributed by atoms with Crippen LogP contribution < -0.4 is 14.2 Å². The lowest BCUT2D eigenvalue weighted by Gasteiger charge is -2.25. The molecule has 0 unspecified atom stereocenters. The van der Waals surface area contributed by atoms with Gasteiger partial charge < -0.3 is 14.2 Å². The predicted molar refractivity (Wildman–Crippen MR) is 109 cm³/mol. The summed E-state index contributed by atoms with van der Waals surface area (Å²) in [5.74, 6) is 2.35. The van der Waals surface area contributed by atoms with E-state index in [1.807, 2.05) is 6.08 Å². The highest BCUT2D eigenvalue weighted by Gasteiger charge is 2.26. The number of Topliss-reactive ketones (excluding diaryl/α,β-unsaturated/α-hetero) is 1. The first-order chi connectivity index (χ1) is 13.1. The van der Waals surface area contributed by atoms with Crippen LogP contribution >= 0.6 is 0 Å². The van der Waals surface area contributed by atoms with E-state index in [0.717, 1.165) is 38.5 Å². The first-order valence-corrected chi connectivity index (χ1v) is 9.72. The van der Waals surface area contributed by atoms with Crippen molar-refractivity contribution in [3.63, 3.8) is 0 Å². The second-order valence-corrected chi connectivity index (χ2v) is 7.03. The van der Waals surface area contributed by atoms with Crippen LogP contribution in [0.5, 0.6) is 17.2 Å². The van der Waals surface area contributed by atoms with Gasteiger partial charge in [-0.2, -0.15) is 0 Å². The minimum Gasteiger partial charge on any atom is -0.493 e. The molecule has 4 nitrogen and oxygen atoms in total. The summed E-state index contributed by atoms with van der Waals surface area (Å²) in [5, 5.41) is 0. The summed E-state index contributed by atoms with van der Waals surface area (Å²) < 4.78 is 16.1. The first-order valence-electron chi connectivity index (χ1n) is 9.72. The molecule has 1 aliphatic rings. The van der Waals surface area contributed by atoms with E-state index in [0.29, 0.717) is 28.7 Å². The van der Waals surface area contributed by atoms with Gasteiger partial charge in [0.15, 0.2) is 17.3 Å². The van der Waals surface area contributed by atoms with E-state index in [4.69, 9.17) is 14.2 Å². The van der Waals surface area contributed by atoms with Crippen LogP contribution in [0, 0.1) is 11.8 Å². The Hall–Kier alpha value is -2.23. The monoisotopic (exact) mass is 372 g/mol. The Morgan fingerprint density at radius 1 is 0.963 bits per heavy atom. The fourth-order valence-electron chi connectivity index (χ4n) is 4.08. The lowest BCUT2D eigenvalue weighted by Crippen LogP contribution is -2.19. The van der Waals surface area contributed by atoms with E-state index in [9.17, 15) is 4.79 Å². The molecular formula is C23H32O4. The SMILES string of the molecule is C=C/C(=C\C)C1CCCC(C(=O)c2cc(OC)c(OC)c(OC)c2)CCC1. The summed E-state index contributed by atoms with van der Waals surface area (Å²) in [5.41, 5.74) is 1.97. The molecule has 1 aromatic rings. The van der Waals surface area contributed by atoms with E-state index < -0.39 is 0 Å². The second-order valence-electron chi connectivity index (χ2n) is 7.03. The average molecular weight is 373 g/mol. The second kappa shape index (κ2) is 10.2. The standard InChI is InChI=1S/C23H32O4/c1-6-16(7-2)17-10-8-12-18(13-9-11-17)22(24)19-14-20(25-3)23(27-5)21(15-19)26-4/h6-7,14-15,17-18H,1,8-13H2,2-5H3/b16-7+. The number of benzene rings is 1. The number of carbonyl (C=O) groups is 1. The van der Waals surface area contributed by atoms with Crippen molar-refractivity contribution >= 4 is 5.78 Å². The zero-order valence-electron chi connectivity index (χ0n) is 17.0. The molecule has 0 heterocycles. The van der Waals surface area contributed by atoms with E-state index >= 15 is 0 Å². The number of hydrogen-bond acceptors (Lipinski definition) is 4. The van der Waals surface area contributed by atoms with Gasteiger partial charge in [0.05, 0.1) is 21.3 Å². The van der Waals surface area contributed by atoms with Crippen molar-refractivity contribution in [2.24, 2.45) is 11.8 Å². The molecule has 27 heavy (non-hydrogen) atoms. The van der Waals surface area contributed by atoms with Crippen molar-refractivity contribution in [1.82, 2.24) is 0 Å². The molecule has 1 aromatic carbocycles. The average Bonchev–Trinajstić information content (AvgIpc) is 2.68. The van der Waals surface area contributed by atoms with Gasteiger partial charge in [-0.05, 0) is 56.2 Å². The highest BCUT2D eigenvalue weighted by molar-refractivity contribution is 5.99. The summed E-state index contributed by atoms with van der Waals surface area (Å²) in [6, 6.07) is 3.53. The van der Waals surface area contributed by atoms with Gasteiger partial charge in [0.2, 0.25) is 5.75 Å². The Kier molecular flexibility index (Phi) is 7.96. The Balaban J connectivity index is 2.15. The predicted octanol–water partition coefficient (Wildman–Crippen LogP) is 5.61. The fourth-order valence-corrected chi connectivity index (χ4v) is 4.08. The molecule has 148 valence electrons. The number of ether oxygens (including phenoxy) is 3. The molecule has 0 atom stereocenters. The van der Waals surface area contributed by atoms with Crippen molar-refractivity contribution in [2.45, 2.75) is 45.4 Å². The number of rotatable bonds is 7. The molecule has 0 aliphatic heterocycles. The maximum atomic E-state index is 13.1. The molecule has 1 aliphatic carbocycles. The maximum Gasteiger partial charge on any atom is 0.203 e. The van der Waals surface area contributed by atoms with E-state index in [-0.39, 0.29) is 11.7 Å². The third-order valence-electron chi connectivity index (χ3n) is 5.57. The number of allylic oxidation sites excluding steroid dienone is 3. The van der Waals surface area contributed by atoms with Crippen molar-refractivity contribution in [2.75, 3.05) is 21.3 Å². The number of hydrogen-bond donors (Lipinski definition) is 0. The van der Waals surface area contributed by atoms with Crippen molar-refractivity contribution < 1.29 is 19.0 Å². The molecule has 1 fully saturated rings. The quantitative estimate of drug-likeness (QED) is 0.461. The van der Waals surface area contributed by atoms with Crippen LogP contribution in [0.3, 0.4) is 0 Å². The number of methoxy groups -OCH3 is 3. The largest absolute Gasteiger partial charge is 0.493 e. The molecule has 0 aromatic heterocycles. The number of ketones is 1. The fraction of sp³-hybridized carbons (Fsp3) is 0.522. The Labute approximate surface area is 163 Å². The zero-order valence-corrected chi connectivity index (χ0v) is 17.0. The summed E-state index contributed by atoms with van der Waals surface area (Å²) in [4.78, 5) is 13.1.